The average Bonchev–Trinajstić information content (AvgIpc) is 2.47. The highest BCUT2D eigenvalue weighted by Gasteiger charge is 2.12. The Morgan fingerprint density at radius 1 is 1.50 bits per heavy atom. The van der Waals surface area contributed by atoms with E-state index in [9.17, 15) is 5.11 Å². The minimum Gasteiger partial charge on any atom is -0.393 e. The molecule has 0 aliphatic heterocycles. The molecular formula is C11H20N2O. The molecule has 0 amide bonds. The lowest BCUT2D eigenvalue weighted by Gasteiger charge is -2.13. The molecule has 1 N–H and O–H groups in total. The van der Waals surface area contributed by atoms with E-state index in [4.69, 9.17) is 0 Å². The zero-order chi connectivity index (χ0) is 10.7. The molecule has 3 nitrogen and oxygen atoms in total. The van der Waals surface area contributed by atoms with Gasteiger partial charge in [-0.1, -0.05) is 13.8 Å². The van der Waals surface area contributed by atoms with Gasteiger partial charge in [-0.25, -0.2) is 0 Å². The van der Waals surface area contributed by atoms with Gasteiger partial charge in [0.05, 0.1) is 11.8 Å². The minimum atomic E-state index is -0.255. The summed E-state index contributed by atoms with van der Waals surface area (Å²) in [6.07, 6.45) is 1.60. The molecule has 1 aromatic heterocycles. The molecular weight excluding hydrogens is 176 g/mol. The van der Waals surface area contributed by atoms with Gasteiger partial charge < -0.3 is 5.11 Å². The van der Waals surface area contributed by atoms with Crippen molar-refractivity contribution in [2.45, 2.75) is 39.7 Å². The molecule has 0 bridgehead atoms. The third kappa shape index (κ3) is 2.58. The summed E-state index contributed by atoms with van der Waals surface area (Å²) in [6.45, 7) is 6.00. The van der Waals surface area contributed by atoms with Crippen LogP contribution in [0.15, 0.2) is 6.07 Å². The summed E-state index contributed by atoms with van der Waals surface area (Å²) < 4.78 is 1.91. The summed E-state index contributed by atoms with van der Waals surface area (Å²) in [5, 5.41) is 13.8. The Labute approximate surface area is 85.8 Å². The second-order valence-electron chi connectivity index (χ2n) is 4.03. The highest BCUT2D eigenvalue weighted by Crippen LogP contribution is 2.13. The van der Waals surface area contributed by atoms with Crippen molar-refractivity contribution in [1.82, 2.24) is 9.78 Å². The van der Waals surface area contributed by atoms with E-state index in [0.29, 0.717) is 0 Å². The zero-order valence-electron chi connectivity index (χ0n) is 9.49. The standard InChI is InChI=1S/C11H20N2O/c1-5-10-7-11(13(4)12-10)6-8(2)9(3)14/h7-9,14H,5-6H2,1-4H3. The van der Waals surface area contributed by atoms with Gasteiger partial charge in [0.1, 0.15) is 0 Å². The quantitative estimate of drug-likeness (QED) is 0.793. The van der Waals surface area contributed by atoms with Crippen molar-refractivity contribution in [2.24, 2.45) is 13.0 Å². The van der Waals surface area contributed by atoms with Gasteiger partial charge in [0.15, 0.2) is 0 Å². The van der Waals surface area contributed by atoms with Crippen LogP contribution in [0.3, 0.4) is 0 Å². The molecule has 0 aromatic carbocycles. The summed E-state index contributed by atoms with van der Waals surface area (Å²) in [5.41, 5.74) is 2.33. The highest BCUT2D eigenvalue weighted by molar-refractivity contribution is 5.10. The highest BCUT2D eigenvalue weighted by atomic mass is 16.3. The maximum atomic E-state index is 9.41. The Bertz CT molecular complexity index is 291. The van der Waals surface area contributed by atoms with Crippen LogP contribution in [-0.2, 0) is 19.9 Å². The van der Waals surface area contributed by atoms with Gasteiger partial charge in [-0.2, -0.15) is 5.10 Å². The van der Waals surface area contributed by atoms with Crippen molar-refractivity contribution in [1.29, 1.82) is 0 Å². The molecule has 0 aliphatic rings. The average molecular weight is 196 g/mol. The van der Waals surface area contributed by atoms with Crippen LogP contribution in [0.25, 0.3) is 0 Å². The zero-order valence-corrected chi connectivity index (χ0v) is 9.49. The smallest absolute Gasteiger partial charge is 0.0624 e. The summed E-state index contributed by atoms with van der Waals surface area (Å²) in [4.78, 5) is 0. The number of nitrogens with zero attached hydrogens (tertiary/aromatic N) is 2. The number of aliphatic hydroxyl groups is 1. The molecule has 14 heavy (non-hydrogen) atoms. The maximum Gasteiger partial charge on any atom is 0.0624 e. The molecule has 2 unspecified atom stereocenters. The minimum absolute atomic E-state index is 0.255. The largest absolute Gasteiger partial charge is 0.393 e. The van der Waals surface area contributed by atoms with E-state index in [0.717, 1.165) is 18.5 Å². The number of aliphatic hydroxyl groups excluding tert-OH is 1. The number of hydrogen-bond acceptors (Lipinski definition) is 2. The van der Waals surface area contributed by atoms with Gasteiger partial charge in [0.2, 0.25) is 0 Å². The maximum absolute atomic E-state index is 9.41. The summed E-state index contributed by atoms with van der Waals surface area (Å²) in [5.74, 6) is 0.287. The third-order valence-corrected chi connectivity index (χ3v) is 2.74. The molecule has 0 radical (unpaired) electrons. The van der Waals surface area contributed by atoms with Crippen molar-refractivity contribution in [2.75, 3.05) is 0 Å². The first-order valence-electron chi connectivity index (χ1n) is 5.24. The van der Waals surface area contributed by atoms with E-state index in [1.165, 1.54) is 5.69 Å². The first-order valence-corrected chi connectivity index (χ1v) is 5.24. The molecule has 0 spiro atoms. The van der Waals surface area contributed by atoms with Crippen LogP contribution in [-0.4, -0.2) is 21.0 Å². The van der Waals surface area contributed by atoms with Crippen LogP contribution < -0.4 is 0 Å². The fraction of sp³-hybridized carbons (Fsp3) is 0.727. The van der Waals surface area contributed by atoms with Crippen LogP contribution in [0.4, 0.5) is 0 Å². The van der Waals surface area contributed by atoms with E-state index in [-0.39, 0.29) is 12.0 Å². The second kappa shape index (κ2) is 4.60. The van der Waals surface area contributed by atoms with Crippen molar-refractivity contribution in [3.63, 3.8) is 0 Å². The molecule has 0 saturated heterocycles. The summed E-state index contributed by atoms with van der Waals surface area (Å²) in [6, 6.07) is 2.12. The fourth-order valence-electron chi connectivity index (χ4n) is 1.44. The van der Waals surface area contributed by atoms with Gasteiger partial charge in [-0.3, -0.25) is 4.68 Å². The lowest BCUT2D eigenvalue weighted by Crippen LogP contribution is -2.17. The van der Waals surface area contributed by atoms with Gasteiger partial charge in [0.25, 0.3) is 0 Å². The molecule has 1 aromatic rings. The van der Waals surface area contributed by atoms with Crippen LogP contribution in [0, 0.1) is 5.92 Å². The Kier molecular flexibility index (Phi) is 3.69. The van der Waals surface area contributed by atoms with Crippen LogP contribution in [0.2, 0.25) is 0 Å². The lowest BCUT2D eigenvalue weighted by atomic mass is 10.00. The lowest BCUT2D eigenvalue weighted by molar-refractivity contribution is 0.134. The third-order valence-electron chi connectivity index (χ3n) is 2.74. The molecule has 1 rings (SSSR count). The summed E-state index contributed by atoms with van der Waals surface area (Å²) in [7, 11) is 1.96. The predicted octanol–water partition coefficient (Wildman–Crippen LogP) is 1.54. The normalized spacial score (nSPS) is 15.5. The number of aromatic nitrogens is 2. The Morgan fingerprint density at radius 3 is 2.57 bits per heavy atom. The van der Waals surface area contributed by atoms with E-state index >= 15 is 0 Å². The van der Waals surface area contributed by atoms with Crippen molar-refractivity contribution in [3.05, 3.63) is 17.5 Å². The van der Waals surface area contributed by atoms with Gasteiger partial charge in [0, 0.05) is 12.7 Å². The predicted molar refractivity (Wildman–Crippen MR) is 57.1 cm³/mol. The monoisotopic (exact) mass is 196 g/mol. The number of hydrogen-bond donors (Lipinski definition) is 1. The van der Waals surface area contributed by atoms with Crippen LogP contribution in [0.1, 0.15) is 32.2 Å². The van der Waals surface area contributed by atoms with Crippen molar-refractivity contribution < 1.29 is 5.11 Å². The second-order valence-corrected chi connectivity index (χ2v) is 4.03. The van der Waals surface area contributed by atoms with E-state index in [1.54, 1.807) is 0 Å². The SMILES string of the molecule is CCc1cc(CC(C)C(C)O)n(C)n1. The van der Waals surface area contributed by atoms with Gasteiger partial charge in [-0.15, -0.1) is 0 Å². The molecule has 3 heteroatoms. The van der Waals surface area contributed by atoms with Crippen LogP contribution >= 0.6 is 0 Å². The molecule has 0 aliphatic carbocycles. The van der Waals surface area contributed by atoms with Crippen molar-refractivity contribution in [3.8, 4) is 0 Å². The molecule has 1 heterocycles. The first kappa shape index (κ1) is 11.2. The van der Waals surface area contributed by atoms with Crippen molar-refractivity contribution >= 4 is 0 Å². The molecule has 0 fully saturated rings. The topological polar surface area (TPSA) is 38.0 Å². The van der Waals surface area contributed by atoms with E-state index < -0.39 is 0 Å². The first-order chi connectivity index (χ1) is 6.54. The Morgan fingerprint density at radius 2 is 2.14 bits per heavy atom. The fourth-order valence-corrected chi connectivity index (χ4v) is 1.44. The molecule has 0 saturated carbocycles. The van der Waals surface area contributed by atoms with Gasteiger partial charge in [-0.05, 0) is 31.7 Å². The number of aryl methyl sites for hydroxylation is 2. The van der Waals surface area contributed by atoms with E-state index in [1.807, 2.05) is 18.7 Å². The summed E-state index contributed by atoms with van der Waals surface area (Å²) >= 11 is 0. The van der Waals surface area contributed by atoms with Crippen LogP contribution in [0.5, 0.6) is 0 Å². The Hall–Kier alpha value is -0.830. The number of rotatable bonds is 4. The Balaban J connectivity index is 2.71. The molecule has 2 atom stereocenters. The van der Waals surface area contributed by atoms with Gasteiger partial charge >= 0.3 is 0 Å². The molecule has 80 valence electrons. The van der Waals surface area contributed by atoms with E-state index in [2.05, 4.69) is 25.0 Å².